The van der Waals surface area contributed by atoms with E-state index in [1.807, 2.05) is 30.9 Å². The number of benzene rings is 1. The van der Waals surface area contributed by atoms with Crippen molar-refractivity contribution in [1.82, 2.24) is 4.90 Å². The van der Waals surface area contributed by atoms with Crippen LogP contribution in [0.1, 0.15) is 37.0 Å². The summed E-state index contributed by atoms with van der Waals surface area (Å²) in [6, 6.07) is 5.42. The van der Waals surface area contributed by atoms with Crippen LogP contribution < -0.4 is 9.47 Å². The van der Waals surface area contributed by atoms with E-state index in [-0.39, 0.29) is 5.91 Å². The number of carbonyl (C=O) groups is 1. The van der Waals surface area contributed by atoms with Crippen LogP contribution in [0.5, 0.6) is 11.5 Å². The van der Waals surface area contributed by atoms with Gasteiger partial charge in [0.15, 0.2) is 11.5 Å². The maximum absolute atomic E-state index is 12.8. The summed E-state index contributed by atoms with van der Waals surface area (Å²) in [7, 11) is 1.71. The van der Waals surface area contributed by atoms with E-state index in [1.54, 1.807) is 13.2 Å². The third-order valence-electron chi connectivity index (χ3n) is 4.00. The Labute approximate surface area is 138 Å². The van der Waals surface area contributed by atoms with Gasteiger partial charge in [-0.05, 0) is 50.8 Å². The lowest BCUT2D eigenvalue weighted by molar-refractivity contribution is 0.0570. The third-order valence-corrected chi connectivity index (χ3v) is 4.00. The van der Waals surface area contributed by atoms with E-state index in [0.717, 1.165) is 25.9 Å². The van der Waals surface area contributed by atoms with E-state index in [2.05, 4.69) is 0 Å². The summed E-state index contributed by atoms with van der Waals surface area (Å²) in [5, 5.41) is 0. The topological polar surface area (TPSA) is 48.0 Å². The standard InChI is InChI=1S/C18H27NO4/c1-4-22-16-9-8-15(11-17(16)23-5-2)18(20)19-10-6-7-14(12-19)13-21-3/h8-9,11,14H,4-7,10,12-13H2,1-3H3. The maximum atomic E-state index is 12.8. The number of nitrogens with zero attached hydrogens (tertiary/aromatic N) is 1. The van der Waals surface area contributed by atoms with E-state index >= 15 is 0 Å². The molecule has 0 N–H and O–H groups in total. The number of piperidine rings is 1. The van der Waals surface area contributed by atoms with Gasteiger partial charge < -0.3 is 19.1 Å². The molecule has 1 aromatic rings. The van der Waals surface area contributed by atoms with E-state index in [4.69, 9.17) is 14.2 Å². The molecule has 1 heterocycles. The molecule has 1 unspecified atom stereocenters. The summed E-state index contributed by atoms with van der Waals surface area (Å²) < 4.78 is 16.4. The van der Waals surface area contributed by atoms with Crippen LogP contribution in [0.2, 0.25) is 0 Å². The van der Waals surface area contributed by atoms with Gasteiger partial charge in [-0.3, -0.25) is 4.79 Å². The minimum atomic E-state index is 0.0507. The molecular formula is C18H27NO4. The zero-order valence-electron chi connectivity index (χ0n) is 14.3. The van der Waals surface area contributed by atoms with Crippen LogP contribution in [-0.2, 0) is 4.74 Å². The van der Waals surface area contributed by atoms with Crippen LogP contribution in [0.3, 0.4) is 0 Å². The monoisotopic (exact) mass is 321 g/mol. The average molecular weight is 321 g/mol. The lowest BCUT2D eigenvalue weighted by Gasteiger charge is -2.32. The van der Waals surface area contributed by atoms with Crippen molar-refractivity contribution in [3.05, 3.63) is 23.8 Å². The first-order chi connectivity index (χ1) is 11.2. The van der Waals surface area contributed by atoms with Crippen molar-refractivity contribution in [3.8, 4) is 11.5 Å². The van der Waals surface area contributed by atoms with Gasteiger partial charge in [0.05, 0.1) is 19.8 Å². The van der Waals surface area contributed by atoms with Crippen molar-refractivity contribution in [2.75, 3.05) is 40.0 Å². The van der Waals surface area contributed by atoms with Crippen molar-refractivity contribution in [2.45, 2.75) is 26.7 Å². The van der Waals surface area contributed by atoms with Gasteiger partial charge in [-0.25, -0.2) is 0 Å². The summed E-state index contributed by atoms with van der Waals surface area (Å²) in [6.07, 6.45) is 2.14. The zero-order valence-corrected chi connectivity index (χ0v) is 14.3. The van der Waals surface area contributed by atoms with E-state index in [0.29, 0.717) is 42.8 Å². The van der Waals surface area contributed by atoms with Crippen LogP contribution in [0.25, 0.3) is 0 Å². The van der Waals surface area contributed by atoms with Gasteiger partial charge in [0.1, 0.15) is 0 Å². The molecule has 1 amide bonds. The fraction of sp³-hybridized carbons (Fsp3) is 0.611. The first-order valence-corrected chi connectivity index (χ1v) is 8.37. The number of likely N-dealkylation sites (tertiary alicyclic amines) is 1. The second kappa shape index (κ2) is 8.77. The number of hydrogen-bond donors (Lipinski definition) is 0. The quantitative estimate of drug-likeness (QED) is 0.774. The lowest BCUT2D eigenvalue weighted by Crippen LogP contribution is -2.41. The highest BCUT2D eigenvalue weighted by Crippen LogP contribution is 2.29. The molecule has 0 bridgehead atoms. The molecule has 128 valence electrons. The summed E-state index contributed by atoms with van der Waals surface area (Å²) in [6.45, 7) is 7.22. The fourth-order valence-electron chi connectivity index (χ4n) is 2.99. The second-order valence-corrected chi connectivity index (χ2v) is 5.74. The normalized spacial score (nSPS) is 17.9. The van der Waals surface area contributed by atoms with Crippen LogP contribution in [0.15, 0.2) is 18.2 Å². The number of rotatable bonds is 7. The first-order valence-electron chi connectivity index (χ1n) is 8.37. The van der Waals surface area contributed by atoms with Crippen LogP contribution in [-0.4, -0.2) is 50.8 Å². The highest BCUT2D eigenvalue weighted by atomic mass is 16.5. The molecule has 1 fully saturated rings. The van der Waals surface area contributed by atoms with Gasteiger partial charge in [-0.2, -0.15) is 0 Å². The van der Waals surface area contributed by atoms with Gasteiger partial charge >= 0.3 is 0 Å². The van der Waals surface area contributed by atoms with Crippen molar-refractivity contribution in [2.24, 2.45) is 5.92 Å². The van der Waals surface area contributed by atoms with Gasteiger partial charge in [0.2, 0.25) is 0 Å². The second-order valence-electron chi connectivity index (χ2n) is 5.74. The van der Waals surface area contributed by atoms with Crippen LogP contribution in [0.4, 0.5) is 0 Å². The summed E-state index contributed by atoms with van der Waals surface area (Å²) in [4.78, 5) is 14.7. The Morgan fingerprint density at radius 1 is 1.22 bits per heavy atom. The minimum Gasteiger partial charge on any atom is -0.490 e. The smallest absolute Gasteiger partial charge is 0.254 e. The molecule has 23 heavy (non-hydrogen) atoms. The Morgan fingerprint density at radius 2 is 1.96 bits per heavy atom. The molecule has 1 aromatic carbocycles. The van der Waals surface area contributed by atoms with Crippen LogP contribution >= 0.6 is 0 Å². The number of methoxy groups -OCH3 is 1. The summed E-state index contributed by atoms with van der Waals surface area (Å²) in [5.74, 6) is 1.79. The minimum absolute atomic E-state index is 0.0507. The first kappa shape index (κ1) is 17.6. The number of amides is 1. The Balaban J connectivity index is 2.13. The van der Waals surface area contributed by atoms with E-state index < -0.39 is 0 Å². The van der Waals surface area contributed by atoms with E-state index in [1.165, 1.54) is 0 Å². The predicted octanol–water partition coefficient (Wildman–Crippen LogP) is 2.98. The Morgan fingerprint density at radius 3 is 2.65 bits per heavy atom. The number of ether oxygens (including phenoxy) is 3. The molecule has 5 heteroatoms. The molecule has 2 rings (SSSR count). The molecule has 0 saturated carbocycles. The maximum Gasteiger partial charge on any atom is 0.254 e. The summed E-state index contributed by atoms with van der Waals surface area (Å²) >= 11 is 0. The fourth-order valence-corrected chi connectivity index (χ4v) is 2.99. The average Bonchev–Trinajstić information content (AvgIpc) is 2.57. The molecule has 0 spiro atoms. The number of hydrogen-bond acceptors (Lipinski definition) is 4. The molecule has 1 aliphatic rings. The van der Waals surface area contributed by atoms with Crippen molar-refractivity contribution in [1.29, 1.82) is 0 Å². The SMILES string of the molecule is CCOc1ccc(C(=O)N2CCCC(COC)C2)cc1OCC. The van der Waals surface area contributed by atoms with E-state index in [9.17, 15) is 4.79 Å². The molecular weight excluding hydrogens is 294 g/mol. The molecule has 0 aromatic heterocycles. The number of carbonyl (C=O) groups excluding carboxylic acids is 1. The lowest BCUT2D eigenvalue weighted by atomic mass is 9.98. The Bertz CT molecular complexity index is 516. The Hall–Kier alpha value is -1.75. The molecule has 1 aliphatic heterocycles. The third kappa shape index (κ3) is 4.61. The van der Waals surface area contributed by atoms with Gasteiger partial charge in [-0.1, -0.05) is 0 Å². The van der Waals surface area contributed by atoms with Gasteiger partial charge in [0, 0.05) is 25.8 Å². The molecule has 0 radical (unpaired) electrons. The Kier molecular flexibility index (Phi) is 6.71. The zero-order chi connectivity index (χ0) is 16.7. The van der Waals surface area contributed by atoms with Crippen molar-refractivity contribution in [3.63, 3.8) is 0 Å². The molecule has 5 nitrogen and oxygen atoms in total. The highest BCUT2D eigenvalue weighted by Gasteiger charge is 2.25. The molecule has 1 saturated heterocycles. The molecule has 0 aliphatic carbocycles. The summed E-state index contributed by atoms with van der Waals surface area (Å²) in [5.41, 5.74) is 0.648. The predicted molar refractivity (Wildman–Crippen MR) is 89.3 cm³/mol. The van der Waals surface area contributed by atoms with Crippen LogP contribution in [0, 0.1) is 5.92 Å². The van der Waals surface area contributed by atoms with Crippen molar-refractivity contribution < 1.29 is 19.0 Å². The largest absolute Gasteiger partial charge is 0.490 e. The van der Waals surface area contributed by atoms with Gasteiger partial charge in [-0.15, -0.1) is 0 Å². The molecule has 1 atom stereocenters. The van der Waals surface area contributed by atoms with Gasteiger partial charge in [0.25, 0.3) is 5.91 Å². The highest BCUT2D eigenvalue weighted by molar-refractivity contribution is 5.95. The van der Waals surface area contributed by atoms with Crippen molar-refractivity contribution >= 4 is 5.91 Å².